The van der Waals surface area contributed by atoms with Crippen LogP contribution in [-0.2, 0) is 32.6 Å². The van der Waals surface area contributed by atoms with Crippen LogP contribution in [0.3, 0.4) is 0 Å². The molecule has 0 radical (unpaired) electrons. The summed E-state index contributed by atoms with van der Waals surface area (Å²) in [5.41, 5.74) is 1.05. The zero-order valence-electron chi connectivity index (χ0n) is 25.1. The number of nitrogens with zero attached hydrogens (tertiary/aromatic N) is 2. The predicted molar refractivity (Wildman–Crippen MR) is 184 cm³/mol. The average molecular weight is 732 g/mol. The van der Waals surface area contributed by atoms with Crippen LogP contribution in [0.25, 0.3) is 0 Å². The highest BCUT2D eigenvalue weighted by Gasteiger charge is 2.36. The van der Waals surface area contributed by atoms with Crippen LogP contribution in [0.1, 0.15) is 31.9 Å². The molecule has 7 nitrogen and oxygen atoms in total. The van der Waals surface area contributed by atoms with E-state index in [1.54, 1.807) is 18.2 Å². The zero-order valence-corrected chi connectivity index (χ0v) is 29.0. The topological polar surface area (TPSA) is 86.8 Å². The zero-order chi connectivity index (χ0) is 32.8. The minimum Gasteiger partial charge on any atom is -0.350 e. The quantitative estimate of drug-likeness (QED) is 0.173. The largest absolute Gasteiger partial charge is 0.350 e. The van der Waals surface area contributed by atoms with Gasteiger partial charge < -0.3 is 10.2 Å². The molecule has 4 aromatic carbocycles. The van der Waals surface area contributed by atoms with Crippen molar-refractivity contribution in [3.63, 3.8) is 0 Å². The van der Waals surface area contributed by atoms with Crippen molar-refractivity contribution >= 4 is 66.7 Å². The van der Waals surface area contributed by atoms with Gasteiger partial charge in [-0.2, -0.15) is 0 Å². The van der Waals surface area contributed by atoms with Gasteiger partial charge in [0, 0.05) is 28.0 Å². The summed E-state index contributed by atoms with van der Waals surface area (Å²) in [5, 5.41) is 3.36. The number of sulfonamides is 1. The number of hydrogen-bond acceptors (Lipinski definition) is 4. The lowest BCUT2D eigenvalue weighted by atomic mass is 10.0. The van der Waals surface area contributed by atoms with E-state index >= 15 is 0 Å². The van der Waals surface area contributed by atoms with E-state index in [2.05, 4.69) is 21.2 Å². The molecule has 4 rings (SSSR count). The number of anilines is 1. The van der Waals surface area contributed by atoms with Crippen molar-refractivity contribution in [1.29, 1.82) is 0 Å². The van der Waals surface area contributed by atoms with Crippen LogP contribution in [0, 0.1) is 0 Å². The third-order valence-electron chi connectivity index (χ3n) is 6.82. The van der Waals surface area contributed by atoms with Gasteiger partial charge in [-0.05, 0) is 74.4 Å². The molecule has 0 aliphatic rings. The highest BCUT2D eigenvalue weighted by molar-refractivity contribution is 9.10. The Labute approximate surface area is 283 Å². The number of benzene rings is 4. The standard InChI is InChI=1S/C34H34BrCl2N3O4S/c1-34(2,3)38-33(42)31(20-24-10-6-4-7-11-24)39(22-25-14-16-26(35)17-15-25)32(41)23-40(30-21-27(36)18-19-29(30)37)45(43,44)28-12-8-5-9-13-28/h4-19,21,31H,20,22-23H2,1-3H3,(H,38,42)/t31-/m1/s1. The molecule has 0 saturated heterocycles. The summed E-state index contributed by atoms with van der Waals surface area (Å²) >= 11 is 16.3. The van der Waals surface area contributed by atoms with Crippen molar-refractivity contribution < 1.29 is 18.0 Å². The molecule has 0 aromatic heterocycles. The van der Waals surface area contributed by atoms with E-state index in [1.165, 1.54) is 35.2 Å². The molecule has 0 bridgehead atoms. The van der Waals surface area contributed by atoms with E-state index in [0.29, 0.717) is 0 Å². The molecule has 236 valence electrons. The summed E-state index contributed by atoms with van der Waals surface area (Å²) in [6.45, 7) is 4.99. The molecule has 1 N–H and O–H groups in total. The first-order valence-electron chi connectivity index (χ1n) is 14.2. The Morgan fingerprint density at radius 3 is 2.04 bits per heavy atom. The van der Waals surface area contributed by atoms with Crippen molar-refractivity contribution in [3.05, 3.63) is 129 Å². The van der Waals surface area contributed by atoms with Crippen molar-refractivity contribution in [3.8, 4) is 0 Å². The molecule has 0 spiro atoms. The number of hydrogen-bond donors (Lipinski definition) is 1. The van der Waals surface area contributed by atoms with Gasteiger partial charge in [-0.1, -0.05) is 99.8 Å². The average Bonchev–Trinajstić information content (AvgIpc) is 3.00. The van der Waals surface area contributed by atoms with Crippen molar-refractivity contribution in [1.82, 2.24) is 10.2 Å². The van der Waals surface area contributed by atoms with Crippen molar-refractivity contribution in [2.75, 3.05) is 10.8 Å². The van der Waals surface area contributed by atoms with Gasteiger partial charge in [0.1, 0.15) is 12.6 Å². The van der Waals surface area contributed by atoms with Crippen LogP contribution in [-0.4, -0.2) is 43.3 Å². The van der Waals surface area contributed by atoms with Crippen molar-refractivity contribution in [2.45, 2.75) is 50.2 Å². The minimum atomic E-state index is -4.30. The van der Waals surface area contributed by atoms with Gasteiger partial charge in [0.05, 0.1) is 15.6 Å². The summed E-state index contributed by atoms with van der Waals surface area (Å²) in [6, 6.07) is 28.0. The molecule has 1 atom stereocenters. The summed E-state index contributed by atoms with van der Waals surface area (Å²) < 4.78 is 30.0. The van der Waals surface area contributed by atoms with Crippen LogP contribution < -0.4 is 9.62 Å². The maximum absolute atomic E-state index is 14.5. The van der Waals surface area contributed by atoms with E-state index < -0.39 is 34.1 Å². The number of carbonyl (C=O) groups is 2. The van der Waals surface area contributed by atoms with Crippen LogP contribution in [0.5, 0.6) is 0 Å². The normalized spacial score (nSPS) is 12.3. The second-order valence-electron chi connectivity index (χ2n) is 11.5. The number of halogens is 3. The second kappa shape index (κ2) is 14.8. The molecular weight excluding hydrogens is 697 g/mol. The van der Waals surface area contributed by atoms with E-state index in [1.807, 2.05) is 75.4 Å². The van der Waals surface area contributed by atoms with Gasteiger partial charge in [0.15, 0.2) is 0 Å². The van der Waals surface area contributed by atoms with Crippen LogP contribution in [0.15, 0.2) is 112 Å². The minimum absolute atomic E-state index is 0.0281. The van der Waals surface area contributed by atoms with Gasteiger partial charge in [0.25, 0.3) is 10.0 Å². The Morgan fingerprint density at radius 1 is 0.844 bits per heavy atom. The first-order chi connectivity index (χ1) is 21.2. The fourth-order valence-electron chi connectivity index (χ4n) is 4.70. The summed E-state index contributed by atoms with van der Waals surface area (Å²) in [4.78, 5) is 29.9. The smallest absolute Gasteiger partial charge is 0.264 e. The maximum atomic E-state index is 14.5. The van der Waals surface area contributed by atoms with Gasteiger partial charge in [-0.3, -0.25) is 13.9 Å². The molecule has 11 heteroatoms. The van der Waals surface area contributed by atoms with E-state index in [-0.39, 0.29) is 39.5 Å². The molecule has 2 amide bonds. The fourth-order valence-corrected chi connectivity index (χ4v) is 6.85. The van der Waals surface area contributed by atoms with E-state index in [4.69, 9.17) is 23.2 Å². The summed E-state index contributed by atoms with van der Waals surface area (Å²) in [6.07, 6.45) is 0.203. The molecule has 0 aliphatic heterocycles. The first-order valence-corrected chi connectivity index (χ1v) is 17.2. The molecular formula is C34H34BrCl2N3O4S. The monoisotopic (exact) mass is 729 g/mol. The number of amides is 2. The number of carbonyl (C=O) groups excluding carboxylic acids is 2. The number of rotatable bonds is 11. The molecule has 45 heavy (non-hydrogen) atoms. The van der Waals surface area contributed by atoms with Gasteiger partial charge >= 0.3 is 0 Å². The Bertz CT molecular complexity index is 1730. The molecule has 0 aliphatic carbocycles. The molecule has 0 fully saturated rings. The molecule has 4 aromatic rings. The SMILES string of the molecule is CC(C)(C)NC(=O)[C@@H](Cc1ccccc1)N(Cc1ccc(Br)cc1)C(=O)CN(c1cc(Cl)ccc1Cl)S(=O)(=O)c1ccccc1. The predicted octanol–water partition coefficient (Wildman–Crippen LogP) is 7.51. The Balaban J connectivity index is 1.84. The second-order valence-corrected chi connectivity index (χ2v) is 15.1. The lowest BCUT2D eigenvalue weighted by Gasteiger charge is -2.35. The summed E-state index contributed by atoms with van der Waals surface area (Å²) in [7, 11) is -4.30. The number of nitrogens with one attached hydrogen (secondary N) is 1. The highest BCUT2D eigenvalue weighted by atomic mass is 79.9. The highest BCUT2D eigenvalue weighted by Crippen LogP contribution is 2.33. The molecule has 0 saturated carbocycles. The van der Waals surface area contributed by atoms with Crippen LogP contribution in [0.2, 0.25) is 10.0 Å². The first kappa shape index (κ1) is 34.5. The third-order valence-corrected chi connectivity index (χ3v) is 9.68. The van der Waals surface area contributed by atoms with Crippen LogP contribution in [0.4, 0.5) is 5.69 Å². The summed E-state index contributed by atoms with van der Waals surface area (Å²) in [5.74, 6) is -0.964. The maximum Gasteiger partial charge on any atom is 0.264 e. The van der Waals surface area contributed by atoms with E-state index in [0.717, 1.165) is 19.9 Å². The Hall–Kier alpha value is -3.37. The van der Waals surface area contributed by atoms with Crippen LogP contribution >= 0.6 is 39.1 Å². The molecule has 0 unspecified atom stereocenters. The lowest BCUT2D eigenvalue weighted by Crippen LogP contribution is -2.56. The van der Waals surface area contributed by atoms with Gasteiger partial charge in [0.2, 0.25) is 11.8 Å². The van der Waals surface area contributed by atoms with Gasteiger partial charge in [-0.15, -0.1) is 0 Å². The van der Waals surface area contributed by atoms with E-state index in [9.17, 15) is 18.0 Å². The lowest BCUT2D eigenvalue weighted by molar-refractivity contribution is -0.140. The van der Waals surface area contributed by atoms with Gasteiger partial charge in [-0.25, -0.2) is 8.42 Å². The fraction of sp³-hybridized carbons (Fsp3) is 0.235. The Kier molecular flexibility index (Phi) is 11.4. The Morgan fingerprint density at radius 2 is 1.44 bits per heavy atom. The third kappa shape index (κ3) is 9.33. The van der Waals surface area contributed by atoms with Crippen molar-refractivity contribution in [2.24, 2.45) is 0 Å². The molecule has 0 heterocycles.